The number of hydrogen-bond donors (Lipinski definition) is 2. The van der Waals surface area contributed by atoms with Crippen molar-refractivity contribution in [3.05, 3.63) is 65.6 Å². The van der Waals surface area contributed by atoms with Gasteiger partial charge in [-0.3, -0.25) is 0 Å². The number of likely N-dealkylation sites (tertiary alicyclic amines) is 1. The molecule has 0 radical (unpaired) electrons. The van der Waals surface area contributed by atoms with Gasteiger partial charge in [-0.2, -0.15) is 13.2 Å². The van der Waals surface area contributed by atoms with Crippen LogP contribution in [0.3, 0.4) is 0 Å². The average Bonchev–Trinajstić information content (AvgIpc) is 3.11. The first-order chi connectivity index (χ1) is 15.7. The van der Waals surface area contributed by atoms with E-state index in [9.17, 15) is 22.7 Å². The lowest BCUT2D eigenvalue weighted by Crippen LogP contribution is -2.46. The summed E-state index contributed by atoms with van der Waals surface area (Å²) in [5.74, 6) is 5.22. The number of fused-ring (bicyclic) bond motifs is 1. The maximum atomic E-state index is 14.5. The fourth-order valence-electron chi connectivity index (χ4n) is 3.96. The maximum Gasteiger partial charge on any atom is 0.394 e. The van der Waals surface area contributed by atoms with Crippen molar-refractivity contribution >= 4 is 11.3 Å². The molecule has 4 rings (SSSR count). The number of aliphatic hydroxyl groups is 1. The lowest BCUT2D eigenvalue weighted by atomic mass is 10.0. The van der Waals surface area contributed by atoms with E-state index in [-0.39, 0.29) is 23.6 Å². The van der Waals surface area contributed by atoms with Gasteiger partial charge in [-0.25, -0.2) is 9.37 Å². The maximum absolute atomic E-state index is 14.5. The first-order valence-electron chi connectivity index (χ1n) is 10.6. The van der Waals surface area contributed by atoms with Crippen LogP contribution in [-0.2, 0) is 6.42 Å². The number of nitrogens with one attached hydrogen (secondary N) is 1. The summed E-state index contributed by atoms with van der Waals surface area (Å²) in [6.07, 6.45) is -5.96. The summed E-state index contributed by atoms with van der Waals surface area (Å²) >= 11 is 0. The Morgan fingerprint density at radius 3 is 2.67 bits per heavy atom. The molecule has 1 aromatic carbocycles. The molecule has 2 aromatic heterocycles. The second kappa shape index (κ2) is 9.41. The van der Waals surface area contributed by atoms with Crippen LogP contribution >= 0.6 is 0 Å². The molecule has 1 saturated heterocycles. The number of pyridine rings is 1. The summed E-state index contributed by atoms with van der Waals surface area (Å²) in [6.45, 7) is 0.992. The molecule has 0 amide bonds. The Labute approximate surface area is 189 Å². The Bertz CT molecular complexity index is 1170. The predicted molar refractivity (Wildman–Crippen MR) is 118 cm³/mol. The van der Waals surface area contributed by atoms with Crippen LogP contribution in [0.4, 0.5) is 23.2 Å². The summed E-state index contributed by atoms with van der Waals surface area (Å²) in [5.41, 5.74) is 1.01. The number of aromatic nitrogens is 2. The number of alkyl halides is 4. The van der Waals surface area contributed by atoms with E-state index in [1.807, 2.05) is 11.9 Å². The molecule has 33 heavy (non-hydrogen) atoms. The van der Waals surface area contributed by atoms with Crippen LogP contribution in [0.25, 0.3) is 5.65 Å². The molecule has 0 aliphatic carbocycles. The first kappa shape index (κ1) is 23.1. The number of piperidine rings is 1. The molecule has 174 valence electrons. The highest BCUT2D eigenvalue weighted by atomic mass is 19.4. The predicted octanol–water partition coefficient (Wildman–Crippen LogP) is 3.98. The van der Waals surface area contributed by atoms with Crippen LogP contribution in [0.2, 0.25) is 0 Å². The first-order valence-corrected chi connectivity index (χ1v) is 10.6. The number of aliphatic hydroxyl groups excluding tert-OH is 1. The second-order valence-corrected chi connectivity index (χ2v) is 8.21. The molecular formula is C24H24F4N4O. The molecule has 0 spiro atoms. The highest BCUT2D eigenvalue weighted by Gasteiger charge is 2.32. The van der Waals surface area contributed by atoms with Gasteiger partial charge in [0.15, 0.2) is 5.65 Å². The molecule has 3 aromatic rings. The molecule has 0 bridgehead atoms. The van der Waals surface area contributed by atoms with E-state index in [2.05, 4.69) is 22.1 Å². The minimum absolute atomic E-state index is 0.0725. The smallest absolute Gasteiger partial charge is 0.376 e. The normalized spacial score (nSPS) is 20.3. The quantitative estimate of drug-likeness (QED) is 0.457. The number of nitrogens with zero attached hydrogens (tertiary/aromatic N) is 3. The Kier molecular flexibility index (Phi) is 6.58. The molecule has 2 N–H and O–H groups in total. The molecule has 3 atom stereocenters. The topological polar surface area (TPSA) is 52.8 Å². The fraction of sp³-hybridized carbons (Fsp3) is 0.375. The van der Waals surface area contributed by atoms with E-state index in [1.54, 1.807) is 42.5 Å². The highest BCUT2D eigenvalue weighted by molar-refractivity contribution is 5.70. The fourth-order valence-corrected chi connectivity index (χ4v) is 3.96. The molecule has 0 unspecified atom stereocenters. The van der Waals surface area contributed by atoms with Gasteiger partial charge in [-0.1, -0.05) is 36.3 Å². The average molecular weight is 460 g/mol. The molecule has 1 aliphatic rings. The van der Waals surface area contributed by atoms with E-state index in [0.717, 1.165) is 0 Å². The van der Waals surface area contributed by atoms with Gasteiger partial charge in [0.2, 0.25) is 0 Å². The third kappa shape index (κ3) is 5.46. The van der Waals surface area contributed by atoms with Crippen LogP contribution in [-0.4, -0.2) is 57.9 Å². The number of halogens is 4. The van der Waals surface area contributed by atoms with Gasteiger partial charge < -0.3 is 19.7 Å². The van der Waals surface area contributed by atoms with Crippen molar-refractivity contribution in [3.8, 4) is 11.8 Å². The van der Waals surface area contributed by atoms with E-state index < -0.39 is 30.9 Å². The van der Waals surface area contributed by atoms with E-state index in [4.69, 9.17) is 0 Å². The molecule has 1 aliphatic heterocycles. The third-order valence-corrected chi connectivity index (χ3v) is 5.64. The largest absolute Gasteiger partial charge is 0.394 e. The van der Waals surface area contributed by atoms with Crippen LogP contribution in [0.15, 0.2) is 48.7 Å². The molecular weight excluding hydrogens is 436 g/mol. The van der Waals surface area contributed by atoms with Gasteiger partial charge in [0, 0.05) is 19.3 Å². The lowest BCUT2D eigenvalue weighted by molar-refractivity contribution is -0.128. The molecule has 9 heteroatoms. The Morgan fingerprint density at radius 1 is 1.21 bits per heavy atom. The van der Waals surface area contributed by atoms with Crippen LogP contribution in [0.1, 0.15) is 29.5 Å². The summed E-state index contributed by atoms with van der Waals surface area (Å²) in [5, 5.41) is 13.4. The molecule has 0 saturated carbocycles. The zero-order valence-corrected chi connectivity index (χ0v) is 18.0. The summed E-state index contributed by atoms with van der Waals surface area (Å²) in [6, 6.07) is 11.4. The Balaban J connectivity index is 1.71. The van der Waals surface area contributed by atoms with Crippen molar-refractivity contribution in [3.63, 3.8) is 0 Å². The van der Waals surface area contributed by atoms with Crippen LogP contribution < -0.4 is 5.32 Å². The standard InChI is InChI=1S/C24H24F4N4O/c1-31-13-11-18(17(25)15-31)29-20-8-5-12-32-21(14-24(26,27)28)19(30-23(20)32)9-10-22(33)16-6-3-2-4-7-16/h2-8,12,17-18,22,29,33H,11,13-15H2,1H3/t17-,18+,22+/m0/s1. The van der Waals surface area contributed by atoms with Gasteiger partial charge in [0.25, 0.3) is 0 Å². The lowest BCUT2D eigenvalue weighted by Gasteiger charge is -2.33. The Hall–Kier alpha value is -3.09. The number of hydrogen-bond acceptors (Lipinski definition) is 4. The van der Waals surface area contributed by atoms with Crippen molar-refractivity contribution in [1.29, 1.82) is 0 Å². The van der Waals surface area contributed by atoms with Gasteiger partial charge in [-0.05, 0) is 37.1 Å². The zero-order chi connectivity index (χ0) is 23.6. The van der Waals surface area contributed by atoms with Crippen molar-refractivity contribution in [1.82, 2.24) is 14.3 Å². The molecule has 5 nitrogen and oxygen atoms in total. The number of rotatable bonds is 4. The zero-order valence-electron chi connectivity index (χ0n) is 18.0. The third-order valence-electron chi connectivity index (χ3n) is 5.64. The SMILES string of the molecule is CN1CC[C@@H](Nc2cccn3c(CC(F)(F)F)c(C#C[C@@H](O)c4ccccc4)nc23)[C@@H](F)C1. The van der Waals surface area contributed by atoms with Crippen molar-refractivity contribution < 1.29 is 22.7 Å². The number of anilines is 1. The molecule has 1 fully saturated rings. The summed E-state index contributed by atoms with van der Waals surface area (Å²) < 4.78 is 55.9. The molecule has 3 heterocycles. The van der Waals surface area contributed by atoms with E-state index in [1.165, 1.54) is 10.6 Å². The van der Waals surface area contributed by atoms with E-state index in [0.29, 0.717) is 24.2 Å². The number of imidazole rings is 1. The van der Waals surface area contributed by atoms with Crippen molar-refractivity contribution in [2.45, 2.75) is 37.3 Å². The van der Waals surface area contributed by atoms with Gasteiger partial charge >= 0.3 is 6.18 Å². The number of benzene rings is 1. The van der Waals surface area contributed by atoms with Crippen molar-refractivity contribution in [2.75, 3.05) is 25.5 Å². The van der Waals surface area contributed by atoms with Crippen LogP contribution in [0, 0.1) is 11.8 Å². The monoisotopic (exact) mass is 460 g/mol. The highest BCUT2D eigenvalue weighted by Crippen LogP contribution is 2.28. The van der Waals surface area contributed by atoms with Gasteiger partial charge in [0.1, 0.15) is 18.0 Å². The summed E-state index contributed by atoms with van der Waals surface area (Å²) in [4.78, 5) is 6.25. The van der Waals surface area contributed by atoms with Gasteiger partial charge in [-0.15, -0.1) is 0 Å². The van der Waals surface area contributed by atoms with Crippen LogP contribution in [0.5, 0.6) is 0 Å². The van der Waals surface area contributed by atoms with Gasteiger partial charge in [0.05, 0.1) is 23.8 Å². The minimum Gasteiger partial charge on any atom is -0.376 e. The van der Waals surface area contributed by atoms with E-state index >= 15 is 0 Å². The minimum atomic E-state index is -4.48. The second-order valence-electron chi connectivity index (χ2n) is 8.21. The summed E-state index contributed by atoms with van der Waals surface area (Å²) in [7, 11) is 1.84. The van der Waals surface area contributed by atoms with Crippen molar-refractivity contribution in [2.24, 2.45) is 0 Å². The Morgan fingerprint density at radius 2 is 1.97 bits per heavy atom.